The zero-order valence-electron chi connectivity index (χ0n) is 17.8. The van der Waals surface area contributed by atoms with Gasteiger partial charge < -0.3 is 0 Å². The van der Waals surface area contributed by atoms with Crippen LogP contribution < -0.4 is 0 Å². The Morgan fingerprint density at radius 2 is 1.11 bits per heavy atom. The Hall–Kier alpha value is -1.56. The standard InChI is InChI=1S/C28H40/c1-4-13-25(14-5-1)19-10-22-28(23-11-20-26-15-6-2-7-16-26)24-12-21-27-17-8-3-9-18-27/h1-2,4-7,13-16,27-28H,3,8-12,17-24H2. The summed E-state index contributed by atoms with van der Waals surface area (Å²) in [5.41, 5.74) is 3.01. The lowest BCUT2D eigenvalue weighted by atomic mass is 9.83. The van der Waals surface area contributed by atoms with Crippen molar-refractivity contribution in [1.82, 2.24) is 0 Å². The third-order valence-corrected chi connectivity index (χ3v) is 6.79. The molecule has 152 valence electrons. The molecule has 1 fully saturated rings. The minimum atomic E-state index is 0.927. The summed E-state index contributed by atoms with van der Waals surface area (Å²) in [7, 11) is 0. The van der Waals surface area contributed by atoms with E-state index in [2.05, 4.69) is 60.7 Å². The second-order valence-corrected chi connectivity index (χ2v) is 9.06. The average molecular weight is 377 g/mol. The molecule has 2 aromatic rings. The second kappa shape index (κ2) is 12.8. The van der Waals surface area contributed by atoms with E-state index in [1.165, 1.54) is 101 Å². The first-order chi connectivity index (χ1) is 13.9. The molecule has 1 aliphatic rings. The van der Waals surface area contributed by atoms with Gasteiger partial charge in [0.05, 0.1) is 0 Å². The van der Waals surface area contributed by atoms with Gasteiger partial charge in [-0.3, -0.25) is 0 Å². The Morgan fingerprint density at radius 3 is 1.64 bits per heavy atom. The van der Waals surface area contributed by atoms with Crippen LogP contribution in [0, 0.1) is 11.8 Å². The Kier molecular flexibility index (Phi) is 9.68. The van der Waals surface area contributed by atoms with Crippen LogP contribution in [0.4, 0.5) is 0 Å². The van der Waals surface area contributed by atoms with Crippen molar-refractivity contribution in [2.45, 2.75) is 89.9 Å². The molecule has 0 saturated heterocycles. The SMILES string of the molecule is c1ccc(CCCC(CCCc2ccccc2)CCCC2CCCCC2)cc1. The van der Waals surface area contributed by atoms with Crippen LogP contribution in [0.2, 0.25) is 0 Å². The molecule has 0 heteroatoms. The molecule has 0 heterocycles. The fourth-order valence-electron chi connectivity index (χ4n) is 5.08. The highest BCUT2D eigenvalue weighted by Gasteiger charge is 2.15. The van der Waals surface area contributed by atoms with Crippen molar-refractivity contribution >= 4 is 0 Å². The van der Waals surface area contributed by atoms with Gasteiger partial charge in [0.2, 0.25) is 0 Å². The third kappa shape index (κ3) is 8.21. The summed E-state index contributed by atoms with van der Waals surface area (Å²) < 4.78 is 0. The highest BCUT2D eigenvalue weighted by Crippen LogP contribution is 2.30. The number of rotatable bonds is 12. The quantitative estimate of drug-likeness (QED) is 0.349. The molecule has 28 heavy (non-hydrogen) atoms. The van der Waals surface area contributed by atoms with Crippen molar-refractivity contribution in [3.63, 3.8) is 0 Å². The maximum Gasteiger partial charge on any atom is -0.0279 e. The van der Waals surface area contributed by atoms with E-state index in [1.807, 2.05) is 0 Å². The van der Waals surface area contributed by atoms with E-state index >= 15 is 0 Å². The zero-order chi connectivity index (χ0) is 19.3. The van der Waals surface area contributed by atoms with Gasteiger partial charge in [-0.1, -0.05) is 125 Å². The van der Waals surface area contributed by atoms with Crippen LogP contribution in [0.1, 0.15) is 88.2 Å². The molecule has 2 aromatic carbocycles. The van der Waals surface area contributed by atoms with Crippen LogP contribution in [-0.4, -0.2) is 0 Å². The van der Waals surface area contributed by atoms with Gasteiger partial charge in [0.25, 0.3) is 0 Å². The first kappa shape index (κ1) is 21.2. The van der Waals surface area contributed by atoms with Gasteiger partial charge >= 0.3 is 0 Å². The van der Waals surface area contributed by atoms with Crippen LogP contribution >= 0.6 is 0 Å². The number of benzene rings is 2. The summed E-state index contributed by atoms with van der Waals surface area (Å²) in [4.78, 5) is 0. The molecular formula is C28H40. The topological polar surface area (TPSA) is 0 Å². The van der Waals surface area contributed by atoms with Crippen LogP contribution in [0.15, 0.2) is 60.7 Å². The molecule has 1 saturated carbocycles. The van der Waals surface area contributed by atoms with E-state index < -0.39 is 0 Å². The molecule has 0 nitrogen and oxygen atoms in total. The van der Waals surface area contributed by atoms with Gasteiger partial charge in [-0.25, -0.2) is 0 Å². The fraction of sp³-hybridized carbons (Fsp3) is 0.571. The highest BCUT2D eigenvalue weighted by molar-refractivity contribution is 5.15. The first-order valence-electron chi connectivity index (χ1n) is 12.0. The molecule has 1 aliphatic carbocycles. The van der Waals surface area contributed by atoms with Gasteiger partial charge in [0.1, 0.15) is 0 Å². The maximum absolute atomic E-state index is 2.29. The van der Waals surface area contributed by atoms with Gasteiger partial charge in [0.15, 0.2) is 0 Å². The van der Waals surface area contributed by atoms with E-state index in [-0.39, 0.29) is 0 Å². The molecule has 0 amide bonds. The molecule has 0 N–H and O–H groups in total. The number of aryl methyl sites for hydroxylation is 2. The smallest absolute Gasteiger partial charge is 0.0279 e. The molecular weight excluding hydrogens is 336 g/mol. The van der Waals surface area contributed by atoms with Crippen LogP contribution in [0.5, 0.6) is 0 Å². The summed E-state index contributed by atoms with van der Waals surface area (Å²) in [6.45, 7) is 0. The van der Waals surface area contributed by atoms with Crippen LogP contribution in [0.25, 0.3) is 0 Å². The predicted molar refractivity (Wildman–Crippen MR) is 123 cm³/mol. The van der Waals surface area contributed by atoms with E-state index in [1.54, 1.807) is 0 Å². The summed E-state index contributed by atoms with van der Waals surface area (Å²) in [5.74, 6) is 1.97. The van der Waals surface area contributed by atoms with Crippen molar-refractivity contribution in [2.24, 2.45) is 11.8 Å². The molecule has 0 radical (unpaired) electrons. The summed E-state index contributed by atoms with van der Waals surface area (Å²) in [6, 6.07) is 22.1. The molecule has 3 rings (SSSR count). The van der Waals surface area contributed by atoms with Crippen molar-refractivity contribution in [2.75, 3.05) is 0 Å². The minimum absolute atomic E-state index is 0.927. The summed E-state index contributed by atoms with van der Waals surface area (Å²) in [6.07, 6.45) is 19.9. The lowest BCUT2D eigenvalue weighted by Crippen LogP contribution is -2.08. The lowest BCUT2D eigenvalue weighted by molar-refractivity contribution is 0.307. The third-order valence-electron chi connectivity index (χ3n) is 6.79. The molecule has 0 unspecified atom stereocenters. The highest BCUT2D eigenvalue weighted by atomic mass is 14.2. The van der Waals surface area contributed by atoms with Gasteiger partial charge in [-0.2, -0.15) is 0 Å². The summed E-state index contributed by atoms with van der Waals surface area (Å²) in [5, 5.41) is 0. The zero-order valence-corrected chi connectivity index (χ0v) is 17.8. The van der Waals surface area contributed by atoms with Crippen LogP contribution in [0.3, 0.4) is 0 Å². The second-order valence-electron chi connectivity index (χ2n) is 9.06. The average Bonchev–Trinajstić information content (AvgIpc) is 2.76. The molecule has 0 spiro atoms. The van der Waals surface area contributed by atoms with Crippen LogP contribution in [-0.2, 0) is 12.8 Å². The lowest BCUT2D eigenvalue weighted by Gasteiger charge is -2.23. The van der Waals surface area contributed by atoms with Crippen molar-refractivity contribution in [3.8, 4) is 0 Å². The Balaban J connectivity index is 1.40. The molecule has 0 bridgehead atoms. The first-order valence-corrected chi connectivity index (χ1v) is 12.0. The van der Waals surface area contributed by atoms with E-state index in [0.717, 1.165) is 11.8 Å². The number of hydrogen-bond donors (Lipinski definition) is 0. The summed E-state index contributed by atoms with van der Waals surface area (Å²) >= 11 is 0. The van der Waals surface area contributed by atoms with E-state index in [0.29, 0.717) is 0 Å². The predicted octanol–water partition coefficient (Wildman–Crippen LogP) is 8.40. The van der Waals surface area contributed by atoms with Crippen molar-refractivity contribution < 1.29 is 0 Å². The molecule has 0 aliphatic heterocycles. The number of hydrogen-bond acceptors (Lipinski definition) is 0. The Morgan fingerprint density at radius 1 is 0.607 bits per heavy atom. The van der Waals surface area contributed by atoms with Crippen molar-refractivity contribution in [3.05, 3.63) is 71.8 Å². The minimum Gasteiger partial charge on any atom is -0.0622 e. The van der Waals surface area contributed by atoms with Gasteiger partial charge in [-0.05, 0) is 48.6 Å². The maximum atomic E-state index is 2.29. The fourth-order valence-corrected chi connectivity index (χ4v) is 5.08. The monoisotopic (exact) mass is 376 g/mol. The Labute approximate surface area is 173 Å². The molecule has 0 aromatic heterocycles. The van der Waals surface area contributed by atoms with Gasteiger partial charge in [-0.15, -0.1) is 0 Å². The van der Waals surface area contributed by atoms with E-state index in [9.17, 15) is 0 Å². The van der Waals surface area contributed by atoms with Crippen molar-refractivity contribution in [1.29, 1.82) is 0 Å². The largest absolute Gasteiger partial charge is 0.0622 e. The molecule has 0 atom stereocenters. The van der Waals surface area contributed by atoms with E-state index in [4.69, 9.17) is 0 Å². The Bertz CT molecular complexity index is 564. The normalized spacial score (nSPS) is 15.2. The van der Waals surface area contributed by atoms with Gasteiger partial charge in [0, 0.05) is 0 Å².